The maximum atomic E-state index is 13.1. The zero-order valence-corrected chi connectivity index (χ0v) is 18.6. The molecule has 0 unspecified atom stereocenters. The molecule has 1 saturated carbocycles. The molecule has 3 aliphatic rings. The molecule has 3 heterocycles. The second-order valence-electron chi connectivity index (χ2n) is 9.42. The number of nitrogens with one attached hydrogen (secondary N) is 2. The highest BCUT2D eigenvalue weighted by molar-refractivity contribution is 5.75. The van der Waals surface area contributed by atoms with E-state index < -0.39 is 0 Å². The number of hydrogen-bond acceptors (Lipinski definition) is 4. The van der Waals surface area contributed by atoms with Crippen molar-refractivity contribution >= 4 is 6.03 Å². The number of likely N-dealkylation sites (tertiary alicyclic amines) is 1. The van der Waals surface area contributed by atoms with Crippen LogP contribution < -0.4 is 5.32 Å². The van der Waals surface area contributed by atoms with E-state index in [0.29, 0.717) is 25.7 Å². The van der Waals surface area contributed by atoms with Crippen LogP contribution in [-0.2, 0) is 9.47 Å². The zero-order chi connectivity index (χ0) is 21.8. The maximum absolute atomic E-state index is 13.1. The molecule has 32 heavy (non-hydrogen) atoms. The van der Waals surface area contributed by atoms with Gasteiger partial charge in [0.1, 0.15) is 0 Å². The van der Waals surface area contributed by atoms with Crippen molar-refractivity contribution in [3.8, 4) is 0 Å². The summed E-state index contributed by atoms with van der Waals surface area (Å²) in [6.45, 7) is 2.54. The van der Waals surface area contributed by atoms with Crippen molar-refractivity contribution in [1.29, 1.82) is 0 Å². The first kappa shape index (κ1) is 21.5. The lowest BCUT2D eigenvalue weighted by Crippen LogP contribution is -2.58. The smallest absolute Gasteiger partial charge is 0.318 e. The van der Waals surface area contributed by atoms with E-state index in [4.69, 9.17) is 9.47 Å². The number of amides is 2. The molecule has 2 aliphatic heterocycles. The molecule has 5 rings (SSSR count). The van der Waals surface area contributed by atoms with E-state index >= 15 is 0 Å². The van der Waals surface area contributed by atoms with E-state index in [-0.39, 0.29) is 30.1 Å². The second kappa shape index (κ2) is 10.0. The number of ether oxygens (including phenoxy) is 2. The number of carbonyl (C=O) groups excluding carboxylic acids is 1. The average Bonchev–Trinajstić information content (AvgIpc) is 3.35. The predicted molar refractivity (Wildman–Crippen MR) is 122 cm³/mol. The fourth-order valence-electron chi connectivity index (χ4n) is 5.45. The second-order valence-corrected chi connectivity index (χ2v) is 9.42. The van der Waals surface area contributed by atoms with Crippen LogP contribution in [0.2, 0.25) is 0 Å². The highest BCUT2D eigenvalue weighted by Crippen LogP contribution is 2.36. The molecule has 2 atom stereocenters. The van der Waals surface area contributed by atoms with E-state index in [0.717, 1.165) is 50.8 Å². The summed E-state index contributed by atoms with van der Waals surface area (Å²) in [5, 5.41) is 10.4. The lowest BCUT2D eigenvalue weighted by atomic mass is 9.82. The van der Waals surface area contributed by atoms with Crippen molar-refractivity contribution < 1.29 is 14.3 Å². The minimum atomic E-state index is 0.00361. The summed E-state index contributed by atoms with van der Waals surface area (Å²) in [5.74, 6) is 0.853. The van der Waals surface area contributed by atoms with Gasteiger partial charge in [-0.15, -0.1) is 0 Å². The summed E-state index contributed by atoms with van der Waals surface area (Å²) in [6, 6.07) is 13.0. The Morgan fingerprint density at radius 1 is 1.12 bits per heavy atom. The number of piperidine rings is 1. The van der Waals surface area contributed by atoms with Crippen LogP contribution in [0.1, 0.15) is 61.6 Å². The Hall–Kier alpha value is -2.38. The quantitative estimate of drug-likeness (QED) is 0.719. The van der Waals surface area contributed by atoms with Crippen LogP contribution in [0.4, 0.5) is 4.79 Å². The van der Waals surface area contributed by atoms with Crippen LogP contribution in [0.3, 0.4) is 0 Å². The molecule has 2 N–H and O–H groups in total. The van der Waals surface area contributed by atoms with Crippen LogP contribution in [-0.4, -0.2) is 65.7 Å². The summed E-state index contributed by atoms with van der Waals surface area (Å²) in [5.41, 5.74) is 2.54. The van der Waals surface area contributed by atoms with E-state index in [1.807, 2.05) is 11.0 Å². The number of carbonyl (C=O) groups is 1. The number of hydrogen-bond donors (Lipinski definition) is 2. The minimum Gasteiger partial charge on any atom is -0.377 e. The molecule has 1 aromatic carbocycles. The number of H-pyrrole nitrogens is 1. The number of benzene rings is 1. The van der Waals surface area contributed by atoms with Gasteiger partial charge in [-0.1, -0.05) is 30.3 Å². The Morgan fingerprint density at radius 3 is 2.62 bits per heavy atom. The van der Waals surface area contributed by atoms with Gasteiger partial charge in [-0.25, -0.2) is 4.79 Å². The van der Waals surface area contributed by atoms with Crippen molar-refractivity contribution in [2.24, 2.45) is 0 Å². The molecule has 2 saturated heterocycles. The lowest BCUT2D eigenvalue weighted by molar-refractivity contribution is -0.0236. The first-order valence-corrected chi connectivity index (χ1v) is 12.1. The zero-order valence-electron chi connectivity index (χ0n) is 18.6. The molecule has 2 aromatic rings. The van der Waals surface area contributed by atoms with Crippen molar-refractivity contribution in [3.05, 3.63) is 53.9 Å². The average molecular weight is 439 g/mol. The topological polar surface area (TPSA) is 79.5 Å². The predicted octanol–water partition coefficient (Wildman–Crippen LogP) is 3.81. The van der Waals surface area contributed by atoms with Crippen molar-refractivity contribution in [2.45, 2.75) is 68.5 Å². The van der Waals surface area contributed by atoms with Crippen molar-refractivity contribution in [3.63, 3.8) is 0 Å². The van der Waals surface area contributed by atoms with Crippen molar-refractivity contribution in [1.82, 2.24) is 20.4 Å². The number of rotatable bonds is 6. The number of aromatic nitrogens is 2. The highest BCUT2D eigenvalue weighted by Gasteiger charge is 2.38. The third-order valence-corrected chi connectivity index (χ3v) is 7.38. The molecule has 0 radical (unpaired) electrons. The number of nitrogens with zero attached hydrogens (tertiary/aromatic N) is 2. The summed E-state index contributed by atoms with van der Waals surface area (Å²) in [6.07, 6.45) is 8.56. The van der Waals surface area contributed by atoms with Gasteiger partial charge in [0.25, 0.3) is 0 Å². The highest BCUT2D eigenvalue weighted by atomic mass is 16.5. The van der Waals surface area contributed by atoms with Gasteiger partial charge in [-0.2, -0.15) is 5.10 Å². The summed E-state index contributed by atoms with van der Waals surface area (Å²) in [4.78, 5) is 15.0. The molecular weight excluding hydrogens is 404 g/mol. The summed E-state index contributed by atoms with van der Waals surface area (Å²) >= 11 is 0. The Bertz CT molecular complexity index is 847. The van der Waals surface area contributed by atoms with Crippen LogP contribution in [0.15, 0.2) is 42.6 Å². The molecule has 7 nitrogen and oxygen atoms in total. The van der Waals surface area contributed by atoms with E-state index in [2.05, 4.69) is 45.8 Å². The minimum absolute atomic E-state index is 0.00361. The normalized spacial score (nSPS) is 28.8. The third-order valence-electron chi connectivity index (χ3n) is 7.38. The van der Waals surface area contributed by atoms with Gasteiger partial charge in [-0.3, -0.25) is 5.10 Å². The van der Waals surface area contributed by atoms with Crippen LogP contribution >= 0.6 is 0 Å². The van der Waals surface area contributed by atoms with E-state index in [1.165, 1.54) is 5.56 Å². The molecule has 0 bridgehead atoms. The number of urea groups is 1. The number of aromatic amines is 1. The van der Waals surface area contributed by atoms with Gasteiger partial charge in [0.05, 0.1) is 38.0 Å². The standard InChI is InChI=1S/C25H34N4O3/c30-25(27-20-15-31-16-20)29-14-4-7-22(23-12-13-26-28-23)24(29)17-32-21-10-8-19(9-11-21)18-5-2-1-3-6-18/h1-3,5-6,12-13,19-22,24H,4,7-11,14-17H2,(H,26,28)(H,27,30)/t19?,21?,22-,24+/m1/s1. The van der Waals surface area contributed by atoms with Gasteiger partial charge in [-0.05, 0) is 56.1 Å². The van der Waals surface area contributed by atoms with E-state index in [9.17, 15) is 4.79 Å². The maximum Gasteiger partial charge on any atom is 0.318 e. The Balaban J connectivity index is 1.21. The van der Waals surface area contributed by atoms with E-state index in [1.54, 1.807) is 6.20 Å². The fraction of sp³-hybridized carbons (Fsp3) is 0.600. The molecule has 2 amide bonds. The Kier molecular flexibility index (Phi) is 6.74. The van der Waals surface area contributed by atoms with Gasteiger partial charge < -0.3 is 19.7 Å². The van der Waals surface area contributed by atoms with Crippen LogP contribution in [0.25, 0.3) is 0 Å². The first-order chi connectivity index (χ1) is 15.8. The molecular formula is C25H34N4O3. The van der Waals surface area contributed by atoms with Gasteiger partial charge >= 0.3 is 6.03 Å². The Morgan fingerprint density at radius 2 is 1.94 bits per heavy atom. The summed E-state index contributed by atoms with van der Waals surface area (Å²) < 4.78 is 11.7. The fourth-order valence-corrected chi connectivity index (χ4v) is 5.45. The molecule has 1 aromatic heterocycles. The third kappa shape index (κ3) is 4.84. The van der Waals surface area contributed by atoms with Gasteiger partial charge in [0.2, 0.25) is 0 Å². The van der Waals surface area contributed by atoms with Gasteiger partial charge in [0, 0.05) is 24.4 Å². The lowest BCUT2D eigenvalue weighted by Gasteiger charge is -2.42. The van der Waals surface area contributed by atoms with Crippen LogP contribution in [0.5, 0.6) is 0 Å². The monoisotopic (exact) mass is 438 g/mol. The summed E-state index contributed by atoms with van der Waals surface area (Å²) in [7, 11) is 0. The molecule has 3 fully saturated rings. The van der Waals surface area contributed by atoms with Gasteiger partial charge in [0.15, 0.2) is 0 Å². The first-order valence-electron chi connectivity index (χ1n) is 12.1. The van der Waals surface area contributed by atoms with Crippen LogP contribution in [0, 0.1) is 0 Å². The SMILES string of the molecule is O=C(NC1COC1)N1CCC[C@H](c2ccn[nH]2)[C@@H]1COC1CCC(c2ccccc2)CC1. The molecule has 0 spiro atoms. The molecule has 7 heteroatoms. The Labute approximate surface area is 189 Å². The van der Waals surface area contributed by atoms with Crippen molar-refractivity contribution in [2.75, 3.05) is 26.4 Å². The molecule has 172 valence electrons. The largest absolute Gasteiger partial charge is 0.377 e. The molecule has 1 aliphatic carbocycles.